The van der Waals surface area contributed by atoms with Gasteiger partial charge in [0, 0.05) is 19.4 Å². The van der Waals surface area contributed by atoms with Gasteiger partial charge in [-0.05, 0) is 89.9 Å². The lowest BCUT2D eigenvalue weighted by Crippen LogP contribution is -2.37. The number of aliphatic hydroxyl groups is 1. The zero-order valence-corrected chi connectivity index (χ0v) is 38.6. The smallest absolute Gasteiger partial charge is 0.462 e. The van der Waals surface area contributed by atoms with Crippen molar-refractivity contribution < 1.29 is 47.2 Å². The molecule has 340 valence electrons. The molecule has 0 aliphatic carbocycles. The summed E-state index contributed by atoms with van der Waals surface area (Å²) >= 11 is 0. The predicted octanol–water partition coefficient (Wildman–Crippen LogP) is 12.0. The van der Waals surface area contributed by atoms with E-state index in [2.05, 4.69) is 73.8 Å². The summed E-state index contributed by atoms with van der Waals surface area (Å²) in [7, 11) is 1.41. The van der Waals surface area contributed by atoms with Gasteiger partial charge in [-0.25, -0.2) is 4.57 Å². The molecule has 1 unspecified atom stereocenters. The van der Waals surface area contributed by atoms with Gasteiger partial charge in [0.15, 0.2) is 6.10 Å². The molecule has 0 spiro atoms. The van der Waals surface area contributed by atoms with Crippen LogP contribution in [0.3, 0.4) is 0 Å². The lowest BCUT2D eigenvalue weighted by atomic mass is 10.1. The van der Waals surface area contributed by atoms with Crippen LogP contribution in [0.2, 0.25) is 0 Å². The van der Waals surface area contributed by atoms with E-state index in [0.29, 0.717) is 23.9 Å². The molecule has 2 atom stereocenters. The molecule has 0 fully saturated rings. The van der Waals surface area contributed by atoms with Crippen molar-refractivity contribution >= 4 is 19.8 Å². The molecule has 10 nitrogen and oxygen atoms in total. The molecule has 59 heavy (non-hydrogen) atoms. The molecular weight excluding hydrogens is 766 g/mol. The first-order chi connectivity index (χ1) is 28.5. The summed E-state index contributed by atoms with van der Waals surface area (Å²) < 4.78 is 34.2. The van der Waals surface area contributed by atoms with Gasteiger partial charge in [0.1, 0.15) is 19.8 Å². The number of ether oxygens (including phenoxy) is 2. The fraction of sp³-hybridized carbons (Fsp3) is 0.708. The molecule has 0 aromatic carbocycles. The number of hydrogen-bond donors (Lipinski definition) is 2. The van der Waals surface area contributed by atoms with E-state index in [0.717, 1.165) is 83.5 Å². The highest BCUT2D eigenvalue weighted by Crippen LogP contribution is 2.43. The Balaban J connectivity index is 4.45. The summed E-state index contributed by atoms with van der Waals surface area (Å²) in [6.07, 6.45) is 48.2. The van der Waals surface area contributed by atoms with Gasteiger partial charge in [0.25, 0.3) is 0 Å². The Morgan fingerprint density at radius 2 is 1.00 bits per heavy atom. The Kier molecular flexibility index (Phi) is 39.0. The number of aliphatic hydroxyl groups excluding tert-OH is 1. The van der Waals surface area contributed by atoms with Crippen LogP contribution in [0, 0.1) is 0 Å². The van der Waals surface area contributed by atoms with Crippen LogP contribution in [0.5, 0.6) is 0 Å². The van der Waals surface area contributed by atoms with Crippen LogP contribution in [-0.4, -0.2) is 86.6 Å². The highest BCUT2D eigenvalue weighted by molar-refractivity contribution is 7.47. The lowest BCUT2D eigenvalue weighted by Gasteiger charge is -2.24. The largest absolute Gasteiger partial charge is 0.472 e. The normalized spacial score (nSPS) is 14.2. The molecule has 0 radical (unpaired) electrons. The number of likely N-dealkylation sites (N-methyl/N-ethyl adjacent to an activating group) is 1. The molecule has 2 N–H and O–H groups in total. The van der Waals surface area contributed by atoms with Crippen LogP contribution < -0.4 is 0 Å². The first kappa shape index (κ1) is 56.4. The number of esters is 2. The molecule has 0 saturated heterocycles. The number of phosphoric ester groups is 1. The van der Waals surface area contributed by atoms with Crippen LogP contribution in [-0.2, 0) is 32.7 Å². The monoisotopic (exact) mass is 851 g/mol. The summed E-state index contributed by atoms with van der Waals surface area (Å²) in [6.45, 7) is 2.31. The second-order valence-corrected chi connectivity index (χ2v) is 17.6. The van der Waals surface area contributed by atoms with E-state index in [1.165, 1.54) is 44.9 Å². The maximum Gasteiger partial charge on any atom is 0.472 e. The number of unbranched alkanes of at least 4 members (excludes halogenated alkanes) is 14. The fourth-order valence-corrected chi connectivity index (χ4v) is 6.40. The minimum atomic E-state index is -4.40. The van der Waals surface area contributed by atoms with Gasteiger partial charge < -0.3 is 24.0 Å². The Hall–Kier alpha value is -2.59. The molecule has 11 heteroatoms. The van der Waals surface area contributed by atoms with E-state index in [1.54, 1.807) is 0 Å². The number of hydrogen-bond acceptors (Lipinski definition) is 8. The predicted molar refractivity (Wildman–Crippen MR) is 244 cm³/mol. The van der Waals surface area contributed by atoms with Gasteiger partial charge in [-0.3, -0.25) is 18.6 Å². The Bertz CT molecular complexity index is 1240. The average Bonchev–Trinajstić information content (AvgIpc) is 3.19. The van der Waals surface area contributed by atoms with Gasteiger partial charge in [0.05, 0.1) is 27.7 Å². The number of nitrogens with zero attached hydrogens (tertiary/aromatic N) is 1. The van der Waals surface area contributed by atoms with Crippen LogP contribution in [0.15, 0.2) is 72.9 Å². The molecule has 0 aromatic rings. The van der Waals surface area contributed by atoms with Gasteiger partial charge in [-0.2, -0.15) is 0 Å². The third-order valence-corrected chi connectivity index (χ3v) is 10.2. The lowest BCUT2D eigenvalue weighted by molar-refractivity contribution is -0.870. The maximum absolute atomic E-state index is 12.7. The minimum Gasteiger partial charge on any atom is -0.462 e. The molecule has 0 aromatic heterocycles. The zero-order valence-electron chi connectivity index (χ0n) is 37.7. The summed E-state index contributed by atoms with van der Waals surface area (Å²) in [5.41, 5.74) is 0. The quantitative estimate of drug-likeness (QED) is 0.0203. The van der Waals surface area contributed by atoms with E-state index in [-0.39, 0.29) is 32.7 Å². The molecular formula is C48H85NO9P+. The van der Waals surface area contributed by atoms with E-state index < -0.39 is 32.5 Å². The van der Waals surface area contributed by atoms with E-state index in [1.807, 2.05) is 27.2 Å². The first-order valence-electron chi connectivity index (χ1n) is 22.8. The molecule has 0 heterocycles. The number of carbonyl (C=O) groups excluding carboxylic acids is 2. The molecule has 0 saturated carbocycles. The van der Waals surface area contributed by atoms with Crippen molar-refractivity contribution in [3.8, 4) is 0 Å². The number of allylic oxidation sites excluding steroid dienone is 12. The van der Waals surface area contributed by atoms with E-state index >= 15 is 0 Å². The van der Waals surface area contributed by atoms with Crippen molar-refractivity contribution in [2.45, 2.75) is 167 Å². The Morgan fingerprint density at radius 1 is 0.559 bits per heavy atom. The summed E-state index contributed by atoms with van der Waals surface area (Å²) in [6, 6.07) is 0. The van der Waals surface area contributed by atoms with Crippen molar-refractivity contribution in [3.63, 3.8) is 0 Å². The first-order valence-corrected chi connectivity index (χ1v) is 24.3. The molecule has 0 rings (SSSR count). The van der Waals surface area contributed by atoms with Gasteiger partial charge in [0.2, 0.25) is 0 Å². The minimum absolute atomic E-state index is 0.0135. The van der Waals surface area contributed by atoms with E-state index in [4.69, 9.17) is 23.6 Å². The topological polar surface area (TPSA) is 129 Å². The van der Waals surface area contributed by atoms with Gasteiger partial charge in [-0.15, -0.1) is 0 Å². The SMILES string of the molecule is CCCCC/C=C\C/C=C\CCCCCCCCCC(=O)O[C@H](COC(=O)CCC/C=C\C/C=C\C/C=C\C/C=C\CCCCCO)COP(=O)(O)OCC[N+](C)(C)C. The van der Waals surface area contributed by atoms with Crippen molar-refractivity contribution in [1.82, 2.24) is 0 Å². The molecule has 0 aliphatic rings. The highest BCUT2D eigenvalue weighted by Gasteiger charge is 2.27. The van der Waals surface area contributed by atoms with Crippen molar-refractivity contribution in [1.29, 1.82) is 0 Å². The second-order valence-electron chi connectivity index (χ2n) is 16.2. The van der Waals surface area contributed by atoms with Crippen LogP contribution in [0.4, 0.5) is 0 Å². The molecule has 0 aliphatic heterocycles. The Labute approximate surface area is 360 Å². The number of carbonyl (C=O) groups is 2. The third kappa shape index (κ3) is 44.8. The van der Waals surface area contributed by atoms with E-state index in [9.17, 15) is 19.0 Å². The number of rotatable bonds is 41. The van der Waals surface area contributed by atoms with Crippen molar-refractivity contribution in [2.75, 3.05) is 54.1 Å². The second kappa shape index (κ2) is 40.8. The van der Waals surface area contributed by atoms with Gasteiger partial charge in [-0.1, -0.05) is 131 Å². The van der Waals surface area contributed by atoms with Crippen LogP contribution in [0.25, 0.3) is 0 Å². The highest BCUT2D eigenvalue weighted by atomic mass is 31.2. The summed E-state index contributed by atoms with van der Waals surface area (Å²) in [4.78, 5) is 35.4. The third-order valence-electron chi connectivity index (χ3n) is 9.26. The summed E-state index contributed by atoms with van der Waals surface area (Å²) in [5.74, 6) is -0.893. The average molecular weight is 851 g/mol. The number of quaternary nitrogens is 1. The fourth-order valence-electron chi connectivity index (χ4n) is 5.66. The molecule has 0 amide bonds. The number of phosphoric acid groups is 1. The van der Waals surface area contributed by atoms with Crippen molar-refractivity contribution in [3.05, 3.63) is 72.9 Å². The maximum atomic E-state index is 12.7. The van der Waals surface area contributed by atoms with Gasteiger partial charge >= 0.3 is 19.8 Å². The zero-order chi connectivity index (χ0) is 43.6. The summed E-state index contributed by atoms with van der Waals surface area (Å²) in [5, 5.41) is 8.80. The molecule has 0 bridgehead atoms. The van der Waals surface area contributed by atoms with Crippen LogP contribution in [0.1, 0.15) is 161 Å². The van der Waals surface area contributed by atoms with Crippen molar-refractivity contribution in [2.24, 2.45) is 0 Å². The van der Waals surface area contributed by atoms with Crippen LogP contribution >= 0.6 is 7.82 Å². The Morgan fingerprint density at radius 3 is 1.51 bits per heavy atom. The standard InChI is InChI=1S/C48H84NO9P/c1-5-6-7-8-9-10-11-12-13-15-19-22-25-28-31-34-37-40-48(52)58-46(45-57-59(53,54)56-43-41-49(2,3)4)44-55-47(51)39-36-33-30-27-24-21-18-16-14-17-20-23-26-29-32-35-38-42-50/h9-10,12-14,17-18,21,23,26-27,30,46,50H,5-8,11,15-16,19-20,22,24-25,28-29,31-45H2,1-4H3/p+1/b10-9-,13-12-,17-14-,21-18-,26-23-,30-27-/t46-/m1/s1.